The van der Waals surface area contributed by atoms with E-state index in [1.165, 1.54) is 0 Å². The predicted molar refractivity (Wildman–Crippen MR) is 61.7 cm³/mol. The van der Waals surface area contributed by atoms with Crippen LogP contribution in [0.5, 0.6) is 0 Å². The minimum atomic E-state index is -0.828. The van der Waals surface area contributed by atoms with Crippen LogP contribution in [-0.2, 0) is 9.53 Å². The second kappa shape index (κ2) is 5.35. The number of carbonyl (C=O) groups is 2. The summed E-state index contributed by atoms with van der Waals surface area (Å²) in [7, 11) is 0. The van der Waals surface area contributed by atoms with Gasteiger partial charge in [-0.2, -0.15) is 0 Å². The van der Waals surface area contributed by atoms with Gasteiger partial charge >= 0.3 is 12.1 Å². The van der Waals surface area contributed by atoms with Crippen molar-refractivity contribution < 1.29 is 19.4 Å². The molecule has 0 spiro atoms. The molecule has 6 nitrogen and oxygen atoms in total. The van der Waals surface area contributed by atoms with E-state index < -0.39 is 23.6 Å². The number of nitrogens with one attached hydrogen (secondary N) is 2. The zero-order valence-electron chi connectivity index (χ0n) is 10.4. The molecule has 1 rings (SSSR count). The average molecular weight is 244 g/mol. The van der Waals surface area contributed by atoms with Crippen molar-refractivity contribution in [2.75, 3.05) is 19.6 Å². The van der Waals surface area contributed by atoms with Crippen molar-refractivity contribution in [3.8, 4) is 0 Å². The van der Waals surface area contributed by atoms with Gasteiger partial charge in [-0.3, -0.25) is 4.79 Å². The largest absolute Gasteiger partial charge is 0.481 e. The summed E-state index contributed by atoms with van der Waals surface area (Å²) in [6.07, 6.45) is -0.506. The maximum Gasteiger partial charge on any atom is 0.407 e. The summed E-state index contributed by atoms with van der Waals surface area (Å²) in [6, 6.07) is 0. The summed E-state index contributed by atoms with van der Waals surface area (Å²) >= 11 is 0. The van der Waals surface area contributed by atoms with Crippen LogP contribution in [0.1, 0.15) is 20.8 Å². The van der Waals surface area contributed by atoms with Crippen LogP contribution in [0.15, 0.2) is 0 Å². The van der Waals surface area contributed by atoms with Gasteiger partial charge in [0.2, 0.25) is 0 Å². The lowest BCUT2D eigenvalue weighted by atomic mass is 9.96. The van der Waals surface area contributed by atoms with Crippen LogP contribution >= 0.6 is 0 Å². The number of amides is 1. The molecule has 0 radical (unpaired) electrons. The number of alkyl carbamates (subject to hydrolysis) is 1. The second-order valence-corrected chi connectivity index (χ2v) is 5.25. The summed E-state index contributed by atoms with van der Waals surface area (Å²) in [5.74, 6) is -1.35. The Balaban J connectivity index is 2.35. The molecule has 0 aromatic rings. The highest BCUT2D eigenvalue weighted by atomic mass is 16.6. The number of aliphatic carboxylic acids is 1. The van der Waals surface area contributed by atoms with Gasteiger partial charge in [0.25, 0.3) is 0 Å². The van der Waals surface area contributed by atoms with Gasteiger partial charge in [-0.05, 0) is 20.8 Å². The summed E-state index contributed by atoms with van der Waals surface area (Å²) in [5.41, 5.74) is -0.537. The smallest absolute Gasteiger partial charge is 0.407 e. The first kappa shape index (κ1) is 13.8. The van der Waals surface area contributed by atoms with Gasteiger partial charge in [-0.25, -0.2) is 4.79 Å². The van der Waals surface area contributed by atoms with Crippen molar-refractivity contribution in [2.45, 2.75) is 26.4 Å². The fourth-order valence-electron chi connectivity index (χ4n) is 1.77. The molecule has 2 atom stereocenters. The average Bonchev–Trinajstić information content (AvgIpc) is 2.59. The predicted octanol–water partition coefficient (Wildman–Crippen LogP) is 0.431. The first-order valence-electron chi connectivity index (χ1n) is 5.70. The van der Waals surface area contributed by atoms with Crippen LogP contribution in [0.3, 0.4) is 0 Å². The minimum absolute atomic E-state index is 0.0833. The fourth-order valence-corrected chi connectivity index (χ4v) is 1.77. The van der Waals surface area contributed by atoms with Crippen LogP contribution in [0.25, 0.3) is 0 Å². The van der Waals surface area contributed by atoms with Crippen molar-refractivity contribution in [1.29, 1.82) is 0 Å². The van der Waals surface area contributed by atoms with Gasteiger partial charge < -0.3 is 20.5 Å². The SMILES string of the molecule is CC(C)(C)OC(=O)NC[C@@H]1CNC[C@@H]1C(=O)O. The Morgan fingerprint density at radius 3 is 2.59 bits per heavy atom. The lowest BCUT2D eigenvalue weighted by molar-refractivity contribution is -0.142. The molecule has 1 aliphatic rings. The molecule has 1 fully saturated rings. The second-order valence-electron chi connectivity index (χ2n) is 5.25. The Hall–Kier alpha value is -1.30. The van der Waals surface area contributed by atoms with Crippen molar-refractivity contribution in [3.63, 3.8) is 0 Å². The molecule has 0 saturated carbocycles. The Morgan fingerprint density at radius 1 is 1.41 bits per heavy atom. The van der Waals surface area contributed by atoms with E-state index in [1.807, 2.05) is 0 Å². The molecule has 1 aliphatic heterocycles. The van der Waals surface area contributed by atoms with Crippen molar-refractivity contribution in [3.05, 3.63) is 0 Å². The molecule has 3 N–H and O–H groups in total. The molecule has 17 heavy (non-hydrogen) atoms. The number of ether oxygens (including phenoxy) is 1. The van der Waals surface area contributed by atoms with Gasteiger partial charge in [-0.1, -0.05) is 0 Å². The topological polar surface area (TPSA) is 87.7 Å². The Bertz CT molecular complexity index is 298. The first-order chi connectivity index (χ1) is 7.79. The van der Waals surface area contributed by atoms with Gasteiger partial charge in [0, 0.05) is 25.6 Å². The van der Waals surface area contributed by atoms with Crippen LogP contribution < -0.4 is 10.6 Å². The summed E-state index contributed by atoms with van der Waals surface area (Å²) in [6.45, 7) is 6.72. The van der Waals surface area contributed by atoms with Crippen LogP contribution in [-0.4, -0.2) is 42.4 Å². The van der Waals surface area contributed by atoms with Gasteiger partial charge in [0.05, 0.1) is 5.92 Å². The number of hydrogen-bond donors (Lipinski definition) is 3. The number of carbonyl (C=O) groups excluding carboxylic acids is 1. The first-order valence-corrected chi connectivity index (χ1v) is 5.70. The van der Waals surface area contributed by atoms with E-state index in [0.717, 1.165) is 0 Å². The van der Waals surface area contributed by atoms with E-state index in [2.05, 4.69) is 10.6 Å². The molecular formula is C11H20N2O4. The zero-order valence-corrected chi connectivity index (χ0v) is 10.4. The molecule has 98 valence electrons. The number of carboxylic acid groups (broad SMARTS) is 1. The quantitative estimate of drug-likeness (QED) is 0.670. The molecule has 0 aliphatic carbocycles. The molecule has 0 aromatic carbocycles. The van der Waals surface area contributed by atoms with Crippen molar-refractivity contribution in [2.24, 2.45) is 11.8 Å². The van der Waals surface area contributed by atoms with E-state index in [0.29, 0.717) is 19.6 Å². The number of rotatable bonds is 3. The lowest BCUT2D eigenvalue weighted by Gasteiger charge is -2.21. The van der Waals surface area contributed by atoms with Gasteiger partial charge in [0.1, 0.15) is 5.60 Å². The molecular weight excluding hydrogens is 224 g/mol. The highest BCUT2D eigenvalue weighted by Crippen LogP contribution is 2.16. The minimum Gasteiger partial charge on any atom is -0.481 e. The third kappa shape index (κ3) is 4.60. The molecule has 0 bridgehead atoms. The summed E-state index contributed by atoms with van der Waals surface area (Å²) < 4.78 is 5.08. The normalized spacial score (nSPS) is 24.4. The molecule has 0 aromatic heterocycles. The standard InChI is InChI=1S/C11H20N2O4/c1-11(2,3)17-10(16)13-5-7-4-12-6-8(7)9(14)15/h7-8,12H,4-6H2,1-3H3,(H,13,16)(H,14,15)/t7-,8-/m0/s1. The van der Waals surface area contributed by atoms with E-state index in [4.69, 9.17) is 9.84 Å². The third-order valence-corrected chi connectivity index (χ3v) is 2.56. The number of hydrogen-bond acceptors (Lipinski definition) is 4. The highest BCUT2D eigenvalue weighted by molar-refractivity contribution is 5.71. The van der Waals surface area contributed by atoms with E-state index in [9.17, 15) is 9.59 Å². The molecule has 1 amide bonds. The van der Waals surface area contributed by atoms with Gasteiger partial charge in [0.15, 0.2) is 0 Å². The van der Waals surface area contributed by atoms with Gasteiger partial charge in [-0.15, -0.1) is 0 Å². The third-order valence-electron chi connectivity index (χ3n) is 2.56. The van der Waals surface area contributed by atoms with Crippen LogP contribution in [0.2, 0.25) is 0 Å². The molecule has 1 saturated heterocycles. The molecule has 6 heteroatoms. The van der Waals surface area contributed by atoms with E-state index >= 15 is 0 Å². The number of carboxylic acids is 1. The molecule has 0 unspecified atom stereocenters. The zero-order chi connectivity index (χ0) is 13.1. The Morgan fingerprint density at radius 2 is 2.06 bits per heavy atom. The Kier molecular flexibility index (Phi) is 4.34. The van der Waals surface area contributed by atoms with Crippen LogP contribution in [0, 0.1) is 11.8 Å². The maximum absolute atomic E-state index is 11.4. The molecule has 1 heterocycles. The van der Waals surface area contributed by atoms with E-state index in [-0.39, 0.29) is 5.92 Å². The summed E-state index contributed by atoms with van der Waals surface area (Å²) in [5, 5.41) is 14.6. The monoisotopic (exact) mass is 244 g/mol. The van der Waals surface area contributed by atoms with Crippen molar-refractivity contribution >= 4 is 12.1 Å². The summed E-state index contributed by atoms with van der Waals surface area (Å²) in [4.78, 5) is 22.3. The highest BCUT2D eigenvalue weighted by Gasteiger charge is 2.33. The van der Waals surface area contributed by atoms with Crippen LogP contribution in [0.4, 0.5) is 4.79 Å². The van der Waals surface area contributed by atoms with E-state index in [1.54, 1.807) is 20.8 Å². The Labute approximate surface area is 101 Å². The lowest BCUT2D eigenvalue weighted by Crippen LogP contribution is -2.38. The van der Waals surface area contributed by atoms with Crippen molar-refractivity contribution in [1.82, 2.24) is 10.6 Å². The maximum atomic E-state index is 11.4. The fraction of sp³-hybridized carbons (Fsp3) is 0.818.